The molecule has 0 radical (unpaired) electrons. The summed E-state index contributed by atoms with van der Waals surface area (Å²) in [6.07, 6.45) is 1.39. The van der Waals surface area contributed by atoms with Crippen LogP contribution in [-0.2, 0) is 4.79 Å². The van der Waals surface area contributed by atoms with Gasteiger partial charge in [-0.1, -0.05) is 0 Å². The van der Waals surface area contributed by atoms with Crippen molar-refractivity contribution in [2.45, 2.75) is 12.8 Å². The maximum atomic E-state index is 11.8. The van der Waals surface area contributed by atoms with Crippen LogP contribution in [0.1, 0.15) is 23.3 Å². The summed E-state index contributed by atoms with van der Waals surface area (Å²) in [6, 6.07) is 0. The molecule has 0 aliphatic rings. The molecule has 0 aromatic carbocycles. The van der Waals surface area contributed by atoms with E-state index in [4.69, 9.17) is 10.8 Å². The molecule has 0 saturated carbocycles. The number of nitrogens with two attached hydrogens (primary N) is 1. The molecule has 0 spiro atoms. The van der Waals surface area contributed by atoms with Gasteiger partial charge in [0.15, 0.2) is 11.2 Å². The van der Waals surface area contributed by atoms with E-state index >= 15 is 0 Å². The number of fused-ring (bicyclic) bond motifs is 1. The highest BCUT2D eigenvalue weighted by Gasteiger charge is 2.11. The highest BCUT2D eigenvalue weighted by Crippen LogP contribution is 2.03. The minimum atomic E-state index is -0.936. The number of hydrogen-bond acceptors (Lipinski definition) is 7. The Hall–Kier alpha value is -3.04. The van der Waals surface area contributed by atoms with Gasteiger partial charge in [0.2, 0.25) is 5.95 Å². The van der Waals surface area contributed by atoms with E-state index in [1.54, 1.807) is 0 Å². The fraction of sp³-hybridized carbons (Fsp3) is 0.273. The molecule has 0 bridgehead atoms. The van der Waals surface area contributed by atoms with Crippen molar-refractivity contribution in [3.05, 3.63) is 22.2 Å². The van der Waals surface area contributed by atoms with Crippen molar-refractivity contribution in [3.63, 3.8) is 0 Å². The average Bonchev–Trinajstić information content (AvgIpc) is 2.42. The van der Waals surface area contributed by atoms with Crippen LogP contribution in [0, 0.1) is 0 Å². The number of carbonyl (C=O) groups is 2. The quantitative estimate of drug-likeness (QED) is 0.504. The van der Waals surface area contributed by atoms with Crippen molar-refractivity contribution in [2.24, 2.45) is 0 Å². The zero-order valence-electron chi connectivity index (χ0n) is 10.8. The van der Waals surface area contributed by atoms with Crippen molar-refractivity contribution in [1.82, 2.24) is 25.3 Å². The second kappa shape index (κ2) is 5.94. The first kappa shape index (κ1) is 14.4. The predicted octanol–water partition coefficient (Wildman–Crippen LogP) is -1.11. The van der Waals surface area contributed by atoms with Gasteiger partial charge in [0.25, 0.3) is 11.5 Å². The summed E-state index contributed by atoms with van der Waals surface area (Å²) in [4.78, 5) is 47.4. The lowest BCUT2D eigenvalue weighted by molar-refractivity contribution is -0.137. The van der Waals surface area contributed by atoms with E-state index in [1.807, 2.05) is 0 Å². The predicted molar refractivity (Wildman–Crippen MR) is 71.6 cm³/mol. The molecule has 110 valence electrons. The van der Waals surface area contributed by atoms with Gasteiger partial charge in [-0.05, 0) is 6.42 Å². The molecule has 2 aromatic rings. The number of aromatic nitrogens is 4. The molecule has 0 fully saturated rings. The molecule has 10 heteroatoms. The van der Waals surface area contributed by atoms with Gasteiger partial charge in [-0.2, -0.15) is 4.98 Å². The second-order valence-corrected chi connectivity index (χ2v) is 4.13. The number of carboxylic acids is 1. The third kappa shape index (κ3) is 3.49. The van der Waals surface area contributed by atoms with Gasteiger partial charge < -0.3 is 16.2 Å². The highest BCUT2D eigenvalue weighted by molar-refractivity contribution is 5.93. The summed E-state index contributed by atoms with van der Waals surface area (Å²) in [5.41, 5.74) is 4.76. The maximum Gasteiger partial charge on any atom is 0.303 e. The Morgan fingerprint density at radius 3 is 2.86 bits per heavy atom. The van der Waals surface area contributed by atoms with Gasteiger partial charge in [0.1, 0.15) is 5.69 Å². The van der Waals surface area contributed by atoms with Gasteiger partial charge in [0.05, 0.1) is 6.20 Å². The smallest absolute Gasteiger partial charge is 0.303 e. The Labute approximate surface area is 117 Å². The Kier molecular flexibility index (Phi) is 4.07. The third-order valence-corrected chi connectivity index (χ3v) is 2.52. The number of carbonyl (C=O) groups excluding carboxylic acids is 1. The van der Waals surface area contributed by atoms with Crippen LogP contribution in [0.4, 0.5) is 5.95 Å². The van der Waals surface area contributed by atoms with Gasteiger partial charge in [-0.25, -0.2) is 9.97 Å². The number of nitrogen functional groups attached to an aromatic ring is 1. The molecule has 0 saturated heterocycles. The van der Waals surface area contributed by atoms with Crippen LogP contribution in [0.2, 0.25) is 0 Å². The monoisotopic (exact) mass is 292 g/mol. The van der Waals surface area contributed by atoms with Crippen LogP contribution in [0.5, 0.6) is 0 Å². The number of nitrogens with one attached hydrogen (secondary N) is 2. The molecule has 0 aliphatic heterocycles. The van der Waals surface area contributed by atoms with Crippen LogP contribution in [0.3, 0.4) is 0 Å². The first-order chi connectivity index (χ1) is 9.97. The number of amides is 1. The zero-order chi connectivity index (χ0) is 15.4. The van der Waals surface area contributed by atoms with Gasteiger partial charge in [-0.3, -0.25) is 19.4 Å². The fourth-order valence-electron chi connectivity index (χ4n) is 1.58. The summed E-state index contributed by atoms with van der Waals surface area (Å²) in [7, 11) is 0. The summed E-state index contributed by atoms with van der Waals surface area (Å²) < 4.78 is 0. The lowest BCUT2D eigenvalue weighted by atomic mass is 10.3. The van der Waals surface area contributed by atoms with Crippen LogP contribution in [0.15, 0.2) is 11.0 Å². The standard InChI is InChI=1S/C11H12N6O4/c12-11-16-8-7(10(21)17-11)14-4-5(15-8)9(20)13-3-1-2-6(18)19/h4H,1-3H2,(H,13,20)(H,18,19)(H3,12,15,16,17,21). The summed E-state index contributed by atoms with van der Waals surface area (Å²) in [6.45, 7) is 0.190. The molecule has 5 N–H and O–H groups in total. The lowest BCUT2D eigenvalue weighted by Crippen LogP contribution is -2.26. The first-order valence-corrected chi connectivity index (χ1v) is 6.00. The third-order valence-electron chi connectivity index (χ3n) is 2.52. The number of anilines is 1. The van der Waals surface area contributed by atoms with E-state index in [0.717, 1.165) is 6.20 Å². The first-order valence-electron chi connectivity index (χ1n) is 6.00. The number of carboxylic acid groups (broad SMARTS) is 1. The van der Waals surface area contributed by atoms with Crippen LogP contribution in [0.25, 0.3) is 11.2 Å². The maximum absolute atomic E-state index is 11.8. The van der Waals surface area contributed by atoms with Crippen LogP contribution >= 0.6 is 0 Å². The summed E-state index contributed by atoms with van der Waals surface area (Å²) in [5.74, 6) is -1.59. The summed E-state index contributed by atoms with van der Waals surface area (Å²) >= 11 is 0. The van der Waals surface area contributed by atoms with E-state index in [9.17, 15) is 14.4 Å². The van der Waals surface area contributed by atoms with Crippen molar-refractivity contribution in [3.8, 4) is 0 Å². The molecular weight excluding hydrogens is 280 g/mol. The van der Waals surface area contributed by atoms with E-state index in [2.05, 4.69) is 25.3 Å². The highest BCUT2D eigenvalue weighted by atomic mass is 16.4. The molecular formula is C11H12N6O4. The molecule has 0 aliphatic carbocycles. The molecule has 10 nitrogen and oxygen atoms in total. The number of rotatable bonds is 5. The number of aliphatic carboxylic acids is 1. The number of aromatic amines is 1. The molecule has 2 aromatic heterocycles. The Balaban J connectivity index is 2.13. The topological polar surface area (TPSA) is 164 Å². The van der Waals surface area contributed by atoms with Crippen molar-refractivity contribution >= 4 is 29.0 Å². The lowest BCUT2D eigenvalue weighted by Gasteiger charge is -2.04. The van der Waals surface area contributed by atoms with E-state index in [0.29, 0.717) is 6.42 Å². The molecule has 2 rings (SSSR count). The van der Waals surface area contributed by atoms with E-state index < -0.39 is 17.4 Å². The Morgan fingerprint density at radius 2 is 2.14 bits per heavy atom. The Bertz CT molecular complexity index is 756. The molecule has 0 unspecified atom stereocenters. The molecule has 1 amide bonds. The summed E-state index contributed by atoms with van der Waals surface area (Å²) in [5, 5.41) is 11.0. The minimum Gasteiger partial charge on any atom is -0.481 e. The van der Waals surface area contributed by atoms with Crippen molar-refractivity contribution in [2.75, 3.05) is 12.3 Å². The fourth-order valence-corrected chi connectivity index (χ4v) is 1.58. The van der Waals surface area contributed by atoms with E-state index in [-0.39, 0.29) is 35.8 Å². The van der Waals surface area contributed by atoms with Crippen LogP contribution < -0.4 is 16.6 Å². The zero-order valence-corrected chi connectivity index (χ0v) is 10.8. The van der Waals surface area contributed by atoms with E-state index in [1.165, 1.54) is 0 Å². The van der Waals surface area contributed by atoms with Gasteiger partial charge in [0, 0.05) is 13.0 Å². The molecule has 0 atom stereocenters. The number of nitrogens with zero attached hydrogens (tertiary/aromatic N) is 3. The average molecular weight is 292 g/mol. The largest absolute Gasteiger partial charge is 0.481 e. The molecule has 21 heavy (non-hydrogen) atoms. The van der Waals surface area contributed by atoms with Crippen molar-refractivity contribution < 1.29 is 14.7 Å². The van der Waals surface area contributed by atoms with Gasteiger partial charge >= 0.3 is 5.97 Å². The van der Waals surface area contributed by atoms with Gasteiger partial charge in [-0.15, -0.1) is 0 Å². The van der Waals surface area contributed by atoms with Crippen molar-refractivity contribution in [1.29, 1.82) is 0 Å². The minimum absolute atomic E-state index is 0.0216. The second-order valence-electron chi connectivity index (χ2n) is 4.13. The SMILES string of the molecule is Nc1nc2nc(C(=O)NCCCC(=O)O)cnc2c(=O)[nH]1. The number of hydrogen-bond donors (Lipinski definition) is 4. The molecule has 2 heterocycles. The number of H-pyrrole nitrogens is 1. The van der Waals surface area contributed by atoms with Crippen LogP contribution in [-0.4, -0.2) is 43.5 Å². The Morgan fingerprint density at radius 1 is 1.38 bits per heavy atom. The normalized spacial score (nSPS) is 10.5.